The highest BCUT2D eigenvalue weighted by atomic mass is 16.1. The van der Waals surface area contributed by atoms with Gasteiger partial charge in [-0.15, -0.1) is 0 Å². The van der Waals surface area contributed by atoms with Crippen LogP contribution in [0.1, 0.15) is 5.56 Å². The summed E-state index contributed by atoms with van der Waals surface area (Å²) in [6.45, 7) is 4.28. The van der Waals surface area contributed by atoms with Crippen LogP contribution in [0, 0.1) is 17.8 Å². The van der Waals surface area contributed by atoms with Crippen LogP contribution in [0.3, 0.4) is 0 Å². The average Bonchev–Trinajstić information content (AvgIpc) is 3.05. The number of piperidine rings is 1. The van der Waals surface area contributed by atoms with Crippen LogP contribution in [-0.2, 0) is 6.42 Å². The van der Waals surface area contributed by atoms with Crippen molar-refractivity contribution in [2.75, 3.05) is 31.9 Å². The molecule has 6 nitrogen and oxygen atoms in total. The molecule has 1 aromatic heterocycles. The third kappa shape index (κ3) is 2.83. The molecule has 3 atom stereocenters. The van der Waals surface area contributed by atoms with Gasteiger partial charge >= 0.3 is 5.69 Å². The van der Waals surface area contributed by atoms with Crippen LogP contribution in [0.5, 0.6) is 0 Å². The molecular formula is C18H23N5O. The Kier molecular flexibility index (Phi) is 3.86. The fourth-order valence-electron chi connectivity index (χ4n) is 4.03. The summed E-state index contributed by atoms with van der Waals surface area (Å²) in [4.78, 5) is 18.3. The van der Waals surface area contributed by atoms with E-state index >= 15 is 0 Å². The number of anilines is 1. The van der Waals surface area contributed by atoms with Gasteiger partial charge in [-0.1, -0.05) is 12.1 Å². The molecule has 4 rings (SSSR count). The van der Waals surface area contributed by atoms with Crippen molar-refractivity contribution in [3.8, 4) is 5.69 Å². The van der Waals surface area contributed by atoms with E-state index in [9.17, 15) is 4.79 Å². The third-order valence-electron chi connectivity index (χ3n) is 5.45. The lowest BCUT2D eigenvalue weighted by Gasteiger charge is -2.19. The molecule has 0 bridgehead atoms. The summed E-state index contributed by atoms with van der Waals surface area (Å²) >= 11 is 0. The van der Waals surface area contributed by atoms with E-state index in [1.807, 2.05) is 12.1 Å². The maximum Gasteiger partial charge on any atom is 0.354 e. The second-order valence-corrected chi connectivity index (χ2v) is 6.91. The first-order valence-corrected chi connectivity index (χ1v) is 8.52. The van der Waals surface area contributed by atoms with E-state index in [0.717, 1.165) is 43.0 Å². The van der Waals surface area contributed by atoms with Crippen LogP contribution in [-0.4, -0.2) is 40.6 Å². The highest BCUT2D eigenvalue weighted by molar-refractivity contribution is 5.37. The van der Waals surface area contributed by atoms with E-state index < -0.39 is 0 Å². The first-order chi connectivity index (χ1) is 11.7. The van der Waals surface area contributed by atoms with Crippen LogP contribution < -0.4 is 17.2 Å². The SMILES string of the molecule is NCC1[C@H]2CN(CCc3cccc(-n4ccc(N)nc4=O)c3)C[C@@H]12. The lowest BCUT2D eigenvalue weighted by molar-refractivity contribution is 0.290. The number of nitrogens with two attached hydrogens (primary N) is 2. The Morgan fingerprint density at radius 3 is 2.71 bits per heavy atom. The van der Waals surface area contributed by atoms with Gasteiger partial charge in [-0.2, -0.15) is 4.98 Å². The molecule has 126 valence electrons. The Hall–Kier alpha value is -2.18. The third-order valence-corrected chi connectivity index (χ3v) is 5.45. The predicted octanol–water partition coefficient (Wildman–Crippen LogP) is 0.494. The summed E-state index contributed by atoms with van der Waals surface area (Å²) in [6, 6.07) is 9.70. The number of likely N-dealkylation sites (tertiary alicyclic amines) is 1. The topological polar surface area (TPSA) is 90.2 Å². The predicted molar refractivity (Wildman–Crippen MR) is 93.9 cm³/mol. The van der Waals surface area contributed by atoms with Crippen LogP contribution in [0.4, 0.5) is 5.82 Å². The standard InChI is InChI=1S/C18H23N5O/c19-9-14-15-10-22(11-16(14)15)6-4-12-2-1-3-13(8-12)23-7-5-17(20)21-18(23)24/h1-3,5,7-8,14-16H,4,6,9-11,19H2,(H2,20,21,24)/t14?,15-,16+. The number of nitrogens with zero attached hydrogens (tertiary/aromatic N) is 3. The molecular weight excluding hydrogens is 302 g/mol. The molecule has 2 fully saturated rings. The van der Waals surface area contributed by atoms with E-state index in [0.29, 0.717) is 0 Å². The summed E-state index contributed by atoms with van der Waals surface area (Å²) < 4.78 is 1.52. The van der Waals surface area contributed by atoms with Gasteiger partial charge in [0.1, 0.15) is 5.82 Å². The monoisotopic (exact) mass is 325 g/mol. The van der Waals surface area contributed by atoms with Gasteiger partial charge in [-0.3, -0.25) is 4.57 Å². The van der Waals surface area contributed by atoms with Crippen molar-refractivity contribution < 1.29 is 0 Å². The number of hydrogen-bond donors (Lipinski definition) is 2. The molecule has 1 aliphatic heterocycles. The number of hydrogen-bond acceptors (Lipinski definition) is 5. The summed E-state index contributed by atoms with van der Waals surface area (Å²) in [6.07, 6.45) is 2.66. The van der Waals surface area contributed by atoms with Crippen molar-refractivity contribution in [3.63, 3.8) is 0 Å². The number of fused-ring (bicyclic) bond motifs is 1. The van der Waals surface area contributed by atoms with Crippen molar-refractivity contribution in [3.05, 3.63) is 52.6 Å². The summed E-state index contributed by atoms with van der Waals surface area (Å²) in [5, 5.41) is 0. The summed E-state index contributed by atoms with van der Waals surface area (Å²) in [5.74, 6) is 2.69. The molecule has 1 saturated heterocycles. The maximum absolute atomic E-state index is 12.0. The molecule has 2 aromatic rings. The minimum atomic E-state index is -0.348. The van der Waals surface area contributed by atoms with Crippen molar-refractivity contribution in [1.82, 2.24) is 14.5 Å². The summed E-state index contributed by atoms with van der Waals surface area (Å²) in [5.41, 5.74) is 13.0. The largest absolute Gasteiger partial charge is 0.383 e. The molecule has 6 heteroatoms. The van der Waals surface area contributed by atoms with Gasteiger partial charge in [0.25, 0.3) is 0 Å². The quantitative estimate of drug-likeness (QED) is 0.835. The maximum atomic E-state index is 12.0. The Bertz CT molecular complexity index is 790. The number of aromatic nitrogens is 2. The van der Waals surface area contributed by atoms with Gasteiger partial charge in [0.15, 0.2) is 0 Å². The second kappa shape index (κ2) is 6.03. The minimum absolute atomic E-state index is 0.246. The van der Waals surface area contributed by atoms with Gasteiger partial charge < -0.3 is 16.4 Å². The van der Waals surface area contributed by atoms with Crippen LogP contribution >= 0.6 is 0 Å². The number of rotatable bonds is 5. The molecule has 0 amide bonds. The van der Waals surface area contributed by atoms with Gasteiger partial charge in [0.2, 0.25) is 0 Å². The van der Waals surface area contributed by atoms with Gasteiger partial charge in [0.05, 0.1) is 5.69 Å². The fraction of sp³-hybridized carbons (Fsp3) is 0.444. The molecule has 24 heavy (non-hydrogen) atoms. The zero-order chi connectivity index (χ0) is 16.7. The lowest BCUT2D eigenvalue weighted by atomic mass is 10.1. The normalized spacial score (nSPS) is 25.6. The van der Waals surface area contributed by atoms with Gasteiger partial charge in [0, 0.05) is 25.8 Å². The van der Waals surface area contributed by atoms with Crippen molar-refractivity contribution in [2.45, 2.75) is 6.42 Å². The van der Waals surface area contributed by atoms with E-state index in [1.54, 1.807) is 12.3 Å². The second-order valence-electron chi connectivity index (χ2n) is 6.91. The molecule has 0 radical (unpaired) electrons. The molecule has 2 aliphatic rings. The zero-order valence-electron chi connectivity index (χ0n) is 13.6. The Morgan fingerprint density at radius 2 is 2.00 bits per heavy atom. The molecule has 2 heterocycles. The Morgan fingerprint density at radius 1 is 1.21 bits per heavy atom. The van der Waals surface area contributed by atoms with E-state index in [2.05, 4.69) is 22.0 Å². The Labute approximate surface area is 141 Å². The molecule has 1 aliphatic carbocycles. The zero-order valence-corrected chi connectivity index (χ0v) is 13.6. The van der Waals surface area contributed by atoms with Crippen molar-refractivity contribution in [1.29, 1.82) is 0 Å². The van der Waals surface area contributed by atoms with Crippen LogP contribution in [0.15, 0.2) is 41.3 Å². The molecule has 0 spiro atoms. The summed E-state index contributed by atoms with van der Waals surface area (Å²) in [7, 11) is 0. The minimum Gasteiger partial charge on any atom is -0.383 e. The van der Waals surface area contributed by atoms with E-state index in [1.165, 1.54) is 23.2 Å². The first-order valence-electron chi connectivity index (χ1n) is 8.52. The first kappa shape index (κ1) is 15.4. The van der Waals surface area contributed by atoms with E-state index in [-0.39, 0.29) is 11.5 Å². The molecule has 1 saturated carbocycles. The van der Waals surface area contributed by atoms with Crippen LogP contribution in [0.2, 0.25) is 0 Å². The fourth-order valence-corrected chi connectivity index (χ4v) is 4.03. The van der Waals surface area contributed by atoms with Crippen LogP contribution in [0.25, 0.3) is 5.69 Å². The molecule has 4 N–H and O–H groups in total. The van der Waals surface area contributed by atoms with Gasteiger partial charge in [-0.05, 0) is 54.5 Å². The highest BCUT2D eigenvalue weighted by Gasteiger charge is 2.54. The number of nitrogen functional groups attached to an aromatic ring is 1. The molecule has 1 aromatic carbocycles. The van der Waals surface area contributed by atoms with Crippen molar-refractivity contribution >= 4 is 5.82 Å². The van der Waals surface area contributed by atoms with Gasteiger partial charge in [-0.25, -0.2) is 4.79 Å². The number of benzene rings is 1. The van der Waals surface area contributed by atoms with Crippen molar-refractivity contribution in [2.24, 2.45) is 23.5 Å². The molecule has 1 unspecified atom stereocenters. The lowest BCUT2D eigenvalue weighted by Crippen LogP contribution is -2.28. The average molecular weight is 325 g/mol. The highest BCUT2D eigenvalue weighted by Crippen LogP contribution is 2.50. The smallest absolute Gasteiger partial charge is 0.354 e. The Balaban J connectivity index is 1.41. The van der Waals surface area contributed by atoms with E-state index in [4.69, 9.17) is 11.5 Å².